The topological polar surface area (TPSA) is 15.3 Å². The standard InChI is InChI=1S/C16H31F3N2/c1-4-15(3,21-12-7-6-8-13-21)14(20-5-2)10-9-11-16(17,18)19/h14,20H,4-13H2,1-3H3. The number of alkyl halides is 3. The van der Waals surface area contributed by atoms with Gasteiger partial charge >= 0.3 is 6.18 Å². The van der Waals surface area contributed by atoms with Gasteiger partial charge in [-0.1, -0.05) is 20.3 Å². The van der Waals surface area contributed by atoms with Crippen LogP contribution in [0.1, 0.15) is 65.7 Å². The van der Waals surface area contributed by atoms with E-state index in [9.17, 15) is 13.2 Å². The van der Waals surface area contributed by atoms with Crippen molar-refractivity contribution in [1.29, 1.82) is 0 Å². The van der Waals surface area contributed by atoms with Gasteiger partial charge in [0.05, 0.1) is 0 Å². The summed E-state index contributed by atoms with van der Waals surface area (Å²) >= 11 is 0. The van der Waals surface area contributed by atoms with Crippen LogP contribution >= 0.6 is 0 Å². The lowest BCUT2D eigenvalue weighted by atomic mass is 9.82. The fourth-order valence-electron chi connectivity index (χ4n) is 3.48. The third kappa shape index (κ3) is 5.78. The van der Waals surface area contributed by atoms with Crippen LogP contribution in [-0.4, -0.2) is 42.3 Å². The Morgan fingerprint density at radius 2 is 1.71 bits per heavy atom. The van der Waals surface area contributed by atoms with Gasteiger partial charge in [-0.05, 0) is 58.7 Å². The Morgan fingerprint density at radius 3 is 2.19 bits per heavy atom. The molecule has 21 heavy (non-hydrogen) atoms. The van der Waals surface area contributed by atoms with Crippen LogP contribution < -0.4 is 5.32 Å². The van der Waals surface area contributed by atoms with Gasteiger partial charge in [0.25, 0.3) is 0 Å². The summed E-state index contributed by atoms with van der Waals surface area (Å²) in [5.74, 6) is 0. The van der Waals surface area contributed by atoms with Crippen molar-refractivity contribution in [1.82, 2.24) is 10.2 Å². The molecule has 126 valence electrons. The first-order valence-electron chi connectivity index (χ1n) is 8.38. The monoisotopic (exact) mass is 308 g/mol. The maximum atomic E-state index is 12.4. The minimum absolute atomic E-state index is 0.0397. The highest BCUT2D eigenvalue weighted by Crippen LogP contribution is 2.31. The van der Waals surface area contributed by atoms with Crippen molar-refractivity contribution < 1.29 is 13.2 Å². The molecule has 0 aliphatic carbocycles. The smallest absolute Gasteiger partial charge is 0.312 e. The predicted molar refractivity (Wildman–Crippen MR) is 81.5 cm³/mol. The number of halogens is 3. The summed E-state index contributed by atoms with van der Waals surface area (Å²) in [6.07, 6.45) is 0.749. The maximum absolute atomic E-state index is 12.4. The molecule has 0 aromatic heterocycles. The van der Waals surface area contributed by atoms with Crippen molar-refractivity contribution in [2.45, 2.75) is 83.5 Å². The first-order chi connectivity index (χ1) is 9.83. The van der Waals surface area contributed by atoms with Gasteiger partial charge in [-0.15, -0.1) is 0 Å². The van der Waals surface area contributed by atoms with E-state index < -0.39 is 12.6 Å². The second-order valence-corrected chi connectivity index (χ2v) is 6.38. The lowest BCUT2D eigenvalue weighted by molar-refractivity contribution is -0.136. The summed E-state index contributed by atoms with van der Waals surface area (Å²) in [5, 5.41) is 3.45. The van der Waals surface area contributed by atoms with E-state index >= 15 is 0 Å². The number of piperidine rings is 1. The van der Waals surface area contributed by atoms with E-state index in [1.807, 2.05) is 6.92 Å². The Balaban J connectivity index is 2.68. The van der Waals surface area contributed by atoms with Gasteiger partial charge in [-0.2, -0.15) is 13.2 Å². The van der Waals surface area contributed by atoms with Gasteiger partial charge in [0.15, 0.2) is 0 Å². The molecular formula is C16H31F3N2. The van der Waals surface area contributed by atoms with E-state index in [0.29, 0.717) is 6.42 Å². The quantitative estimate of drug-likeness (QED) is 0.717. The number of hydrogen-bond donors (Lipinski definition) is 1. The second kappa shape index (κ2) is 8.37. The zero-order valence-corrected chi connectivity index (χ0v) is 13.7. The van der Waals surface area contributed by atoms with Crippen molar-refractivity contribution in [2.24, 2.45) is 0 Å². The van der Waals surface area contributed by atoms with Crippen molar-refractivity contribution in [3.63, 3.8) is 0 Å². The molecule has 0 aromatic rings. The van der Waals surface area contributed by atoms with Crippen molar-refractivity contribution in [2.75, 3.05) is 19.6 Å². The van der Waals surface area contributed by atoms with Crippen LogP contribution in [-0.2, 0) is 0 Å². The summed E-state index contributed by atoms with van der Waals surface area (Å²) in [7, 11) is 0. The molecule has 2 atom stereocenters. The molecule has 0 radical (unpaired) electrons. The van der Waals surface area contributed by atoms with Gasteiger partial charge in [0, 0.05) is 18.0 Å². The minimum Gasteiger partial charge on any atom is -0.312 e. The summed E-state index contributed by atoms with van der Waals surface area (Å²) in [6.45, 7) is 9.36. The highest BCUT2D eigenvalue weighted by Gasteiger charge is 2.38. The molecule has 1 N–H and O–H groups in total. The third-order valence-corrected chi connectivity index (χ3v) is 4.95. The maximum Gasteiger partial charge on any atom is 0.389 e. The van der Waals surface area contributed by atoms with E-state index in [1.165, 1.54) is 19.3 Å². The molecule has 2 nitrogen and oxygen atoms in total. The molecule has 0 bridgehead atoms. The third-order valence-electron chi connectivity index (χ3n) is 4.95. The SMILES string of the molecule is CCNC(CCCC(F)(F)F)C(C)(CC)N1CCCCC1. The normalized spacial score (nSPS) is 22.0. The molecule has 0 aromatic carbocycles. The lowest BCUT2D eigenvalue weighted by Gasteiger charge is -2.48. The zero-order chi connectivity index (χ0) is 15.9. The van der Waals surface area contributed by atoms with Crippen LogP contribution in [0.2, 0.25) is 0 Å². The summed E-state index contributed by atoms with van der Waals surface area (Å²) in [4.78, 5) is 2.50. The first kappa shape index (κ1) is 18.8. The molecule has 0 spiro atoms. The molecule has 1 aliphatic rings. The second-order valence-electron chi connectivity index (χ2n) is 6.38. The number of nitrogens with one attached hydrogen (secondary N) is 1. The average molecular weight is 308 g/mol. The van der Waals surface area contributed by atoms with Crippen molar-refractivity contribution in [3.8, 4) is 0 Å². The first-order valence-corrected chi connectivity index (χ1v) is 8.38. The highest BCUT2D eigenvalue weighted by molar-refractivity contribution is 4.97. The minimum atomic E-state index is -4.04. The summed E-state index contributed by atoms with van der Waals surface area (Å²) < 4.78 is 37.2. The predicted octanol–water partition coefficient (Wildman–Crippen LogP) is 4.35. The van der Waals surface area contributed by atoms with E-state index in [0.717, 1.165) is 26.1 Å². The highest BCUT2D eigenvalue weighted by atomic mass is 19.4. The Hall–Kier alpha value is -0.290. The van der Waals surface area contributed by atoms with Gasteiger partial charge < -0.3 is 5.32 Å². The largest absolute Gasteiger partial charge is 0.389 e. The summed E-state index contributed by atoms with van der Waals surface area (Å²) in [5.41, 5.74) is -0.0397. The molecular weight excluding hydrogens is 277 g/mol. The number of likely N-dealkylation sites (N-methyl/N-ethyl adjacent to an activating group) is 1. The average Bonchev–Trinajstić information content (AvgIpc) is 2.45. The van der Waals surface area contributed by atoms with Crippen LogP contribution in [0.25, 0.3) is 0 Å². The lowest BCUT2D eigenvalue weighted by Crippen LogP contribution is -2.60. The molecule has 0 saturated carbocycles. The Bertz CT molecular complexity index is 288. The van der Waals surface area contributed by atoms with Crippen LogP contribution in [0.15, 0.2) is 0 Å². The van der Waals surface area contributed by atoms with Gasteiger partial charge in [0.1, 0.15) is 0 Å². The number of likely N-dealkylation sites (tertiary alicyclic amines) is 1. The van der Waals surface area contributed by atoms with E-state index in [-0.39, 0.29) is 18.0 Å². The fraction of sp³-hybridized carbons (Fsp3) is 1.00. The van der Waals surface area contributed by atoms with Gasteiger partial charge in [0.2, 0.25) is 0 Å². The summed E-state index contributed by atoms with van der Waals surface area (Å²) in [6, 6.07) is 0.132. The molecule has 5 heteroatoms. The number of nitrogens with zero attached hydrogens (tertiary/aromatic N) is 1. The Labute approximate surface area is 127 Å². The van der Waals surface area contributed by atoms with Crippen LogP contribution in [0.3, 0.4) is 0 Å². The van der Waals surface area contributed by atoms with Crippen molar-refractivity contribution in [3.05, 3.63) is 0 Å². The van der Waals surface area contributed by atoms with E-state index in [1.54, 1.807) is 0 Å². The molecule has 1 fully saturated rings. The number of hydrogen-bond acceptors (Lipinski definition) is 2. The van der Waals surface area contributed by atoms with Crippen LogP contribution in [0, 0.1) is 0 Å². The van der Waals surface area contributed by atoms with Crippen LogP contribution in [0.4, 0.5) is 13.2 Å². The Kier molecular flexibility index (Phi) is 7.48. The van der Waals surface area contributed by atoms with Gasteiger partial charge in [-0.25, -0.2) is 0 Å². The van der Waals surface area contributed by atoms with E-state index in [4.69, 9.17) is 0 Å². The van der Waals surface area contributed by atoms with E-state index in [2.05, 4.69) is 24.1 Å². The number of rotatable bonds is 8. The molecule has 1 rings (SSSR count). The molecule has 1 heterocycles. The molecule has 1 saturated heterocycles. The molecule has 2 unspecified atom stereocenters. The van der Waals surface area contributed by atoms with Crippen LogP contribution in [0.5, 0.6) is 0 Å². The van der Waals surface area contributed by atoms with Crippen molar-refractivity contribution >= 4 is 0 Å². The molecule has 0 amide bonds. The fourth-order valence-corrected chi connectivity index (χ4v) is 3.48. The Morgan fingerprint density at radius 1 is 1.10 bits per heavy atom. The zero-order valence-electron chi connectivity index (χ0n) is 13.7. The molecule has 1 aliphatic heterocycles. The van der Waals surface area contributed by atoms with Gasteiger partial charge in [-0.3, -0.25) is 4.90 Å².